The standard InChI is InChI=1S/C9H6NO2/c11-8-5-9(12)10-7-4-2-1-3-6(7)8/h2-5H,(H2,10,11,12). The lowest BCUT2D eigenvalue weighted by molar-refractivity contribution is 0.440. The summed E-state index contributed by atoms with van der Waals surface area (Å²) >= 11 is 0. The fourth-order valence-corrected chi connectivity index (χ4v) is 1.08. The van der Waals surface area contributed by atoms with E-state index in [2.05, 4.69) is 11.1 Å². The highest BCUT2D eigenvalue weighted by Crippen LogP contribution is 2.25. The molecule has 0 spiro atoms. The van der Waals surface area contributed by atoms with Gasteiger partial charge in [-0.2, -0.15) is 0 Å². The molecule has 0 atom stereocenters. The largest absolute Gasteiger partial charge is 0.507 e. The van der Waals surface area contributed by atoms with E-state index in [-0.39, 0.29) is 11.6 Å². The molecule has 1 aromatic heterocycles. The predicted molar refractivity (Wildman–Crippen MR) is 43.9 cm³/mol. The van der Waals surface area contributed by atoms with E-state index in [1.807, 2.05) is 0 Å². The first-order valence-electron chi connectivity index (χ1n) is 3.46. The zero-order valence-electron chi connectivity index (χ0n) is 6.15. The highest BCUT2D eigenvalue weighted by molar-refractivity contribution is 5.84. The predicted octanol–water partition coefficient (Wildman–Crippen LogP) is 1.45. The summed E-state index contributed by atoms with van der Waals surface area (Å²) in [6.45, 7) is 0. The van der Waals surface area contributed by atoms with Gasteiger partial charge in [0, 0.05) is 11.5 Å². The molecule has 0 unspecified atom stereocenters. The average Bonchev–Trinajstić information content (AvgIpc) is 2.04. The van der Waals surface area contributed by atoms with Gasteiger partial charge < -0.3 is 10.2 Å². The van der Waals surface area contributed by atoms with Crippen molar-refractivity contribution in [3.63, 3.8) is 0 Å². The molecule has 0 aliphatic rings. The van der Waals surface area contributed by atoms with E-state index < -0.39 is 0 Å². The van der Waals surface area contributed by atoms with Gasteiger partial charge in [0.25, 0.3) is 0 Å². The van der Waals surface area contributed by atoms with Crippen LogP contribution in [0.5, 0.6) is 11.6 Å². The van der Waals surface area contributed by atoms with E-state index in [1.54, 1.807) is 18.2 Å². The van der Waals surface area contributed by atoms with Crippen LogP contribution < -0.4 is 0 Å². The first kappa shape index (κ1) is 6.91. The van der Waals surface area contributed by atoms with Crippen molar-refractivity contribution >= 4 is 10.9 Å². The SMILES string of the molecule is Oc1cc(O)c2c[c]ccc2n1. The van der Waals surface area contributed by atoms with Crippen LogP contribution in [-0.4, -0.2) is 15.2 Å². The van der Waals surface area contributed by atoms with Crippen molar-refractivity contribution in [3.8, 4) is 11.6 Å². The van der Waals surface area contributed by atoms with Crippen molar-refractivity contribution in [2.75, 3.05) is 0 Å². The Morgan fingerprint density at radius 3 is 3.00 bits per heavy atom. The van der Waals surface area contributed by atoms with Crippen LogP contribution in [0, 0.1) is 6.07 Å². The van der Waals surface area contributed by atoms with Crippen LogP contribution in [0.3, 0.4) is 0 Å². The first-order chi connectivity index (χ1) is 5.77. The Labute approximate surface area is 68.9 Å². The molecule has 0 saturated heterocycles. The third-order valence-electron chi connectivity index (χ3n) is 1.62. The molecule has 1 heterocycles. The number of benzene rings is 1. The Kier molecular flexibility index (Phi) is 1.37. The second-order valence-corrected chi connectivity index (χ2v) is 2.44. The molecule has 0 aliphatic heterocycles. The van der Waals surface area contributed by atoms with Gasteiger partial charge in [-0.25, -0.2) is 4.98 Å². The lowest BCUT2D eigenvalue weighted by Crippen LogP contribution is -1.79. The minimum absolute atomic E-state index is 0.0225. The second-order valence-electron chi connectivity index (χ2n) is 2.44. The second kappa shape index (κ2) is 2.37. The van der Waals surface area contributed by atoms with Gasteiger partial charge in [0.15, 0.2) is 0 Å². The molecule has 3 nitrogen and oxygen atoms in total. The Hall–Kier alpha value is -1.77. The summed E-state index contributed by atoms with van der Waals surface area (Å²) in [6, 6.07) is 8.99. The summed E-state index contributed by atoms with van der Waals surface area (Å²) in [5.74, 6) is -0.152. The van der Waals surface area contributed by atoms with Gasteiger partial charge in [-0.3, -0.25) is 0 Å². The molecule has 0 fully saturated rings. The molecule has 2 N–H and O–H groups in total. The van der Waals surface area contributed by atoms with E-state index in [0.29, 0.717) is 10.9 Å². The van der Waals surface area contributed by atoms with Crippen molar-refractivity contribution < 1.29 is 10.2 Å². The summed E-state index contributed by atoms with van der Waals surface area (Å²) < 4.78 is 0. The van der Waals surface area contributed by atoms with Crippen molar-refractivity contribution in [2.45, 2.75) is 0 Å². The van der Waals surface area contributed by atoms with Crippen LogP contribution >= 0.6 is 0 Å². The van der Waals surface area contributed by atoms with Crippen LogP contribution in [0.2, 0.25) is 0 Å². The topological polar surface area (TPSA) is 53.4 Å². The molecule has 59 valence electrons. The van der Waals surface area contributed by atoms with Gasteiger partial charge >= 0.3 is 0 Å². The third kappa shape index (κ3) is 0.955. The summed E-state index contributed by atoms with van der Waals surface area (Å²) in [6.07, 6.45) is 0. The molecule has 0 saturated carbocycles. The molecule has 12 heavy (non-hydrogen) atoms. The van der Waals surface area contributed by atoms with E-state index >= 15 is 0 Å². The number of rotatable bonds is 0. The minimum Gasteiger partial charge on any atom is -0.507 e. The number of pyridine rings is 1. The van der Waals surface area contributed by atoms with Gasteiger partial charge in [-0.15, -0.1) is 0 Å². The van der Waals surface area contributed by atoms with Crippen LogP contribution in [0.4, 0.5) is 0 Å². The molecule has 0 amide bonds. The molecular weight excluding hydrogens is 154 g/mol. The van der Waals surface area contributed by atoms with Gasteiger partial charge in [0.05, 0.1) is 5.52 Å². The Balaban J connectivity index is 2.89. The molecule has 0 bridgehead atoms. The zero-order chi connectivity index (χ0) is 8.55. The lowest BCUT2D eigenvalue weighted by Gasteiger charge is -1.99. The summed E-state index contributed by atoms with van der Waals surface area (Å²) in [4.78, 5) is 3.81. The number of nitrogens with zero attached hydrogens (tertiary/aromatic N) is 1. The third-order valence-corrected chi connectivity index (χ3v) is 1.62. The molecule has 0 aliphatic carbocycles. The molecule has 1 aromatic carbocycles. The molecule has 1 radical (unpaired) electrons. The average molecular weight is 160 g/mol. The lowest BCUT2D eigenvalue weighted by atomic mass is 10.2. The minimum atomic E-state index is -0.175. The van der Waals surface area contributed by atoms with Crippen LogP contribution in [-0.2, 0) is 0 Å². The molecule has 2 aromatic rings. The van der Waals surface area contributed by atoms with E-state index in [0.717, 1.165) is 0 Å². The first-order valence-corrected chi connectivity index (χ1v) is 3.46. The molecule has 2 rings (SSSR count). The smallest absolute Gasteiger partial charge is 0.215 e. The molecular formula is C9H6NO2. The Morgan fingerprint density at radius 1 is 1.33 bits per heavy atom. The number of aromatic hydroxyl groups is 2. The highest BCUT2D eigenvalue weighted by Gasteiger charge is 2.01. The number of aromatic nitrogens is 1. The van der Waals surface area contributed by atoms with E-state index in [4.69, 9.17) is 5.11 Å². The summed E-state index contributed by atoms with van der Waals surface area (Å²) in [7, 11) is 0. The summed E-state index contributed by atoms with van der Waals surface area (Å²) in [5, 5.41) is 19.0. The maximum Gasteiger partial charge on any atom is 0.215 e. The van der Waals surface area contributed by atoms with E-state index in [1.165, 1.54) is 6.07 Å². The highest BCUT2D eigenvalue weighted by atomic mass is 16.3. The number of hydrogen-bond acceptors (Lipinski definition) is 3. The van der Waals surface area contributed by atoms with Gasteiger partial charge in [-0.1, -0.05) is 6.07 Å². The fourth-order valence-electron chi connectivity index (χ4n) is 1.08. The quantitative estimate of drug-likeness (QED) is 0.613. The van der Waals surface area contributed by atoms with Gasteiger partial charge in [-0.05, 0) is 18.2 Å². The Morgan fingerprint density at radius 2 is 2.17 bits per heavy atom. The number of fused-ring (bicyclic) bond motifs is 1. The Bertz CT molecular complexity index is 426. The van der Waals surface area contributed by atoms with Crippen LogP contribution in [0.25, 0.3) is 10.9 Å². The van der Waals surface area contributed by atoms with Crippen LogP contribution in [0.1, 0.15) is 0 Å². The van der Waals surface area contributed by atoms with E-state index in [9.17, 15) is 5.11 Å². The van der Waals surface area contributed by atoms with Crippen molar-refractivity contribution in [3.05, 3.63) is 30.3 Å². The van der Waals surface area contributed by atoms with Crippen LogP contribution in [0.15, 0.2) is 24.3 Å². The normalized spacial score (nSPS) is 10.3. The number of hydrogen-bond donors (Lipinski definition) is 2. The maximum absolute atomic E-state index is 9.33. The van der Waals surface area contributed by atoms with Gasteiger partial charge in [0.2, 0.25) is 5.88 Å². The fraction of sp³-hybridized carbons (Fsp3) is 0. The monoisotopic (exact) mass is 160 g/mol. The van der Waals surface area contributed by atoms with Crippen molar-refractivity contribution in [1.82, 2.24) is 4.98 Å². The van der Waals surface area contributed by atoms with Crippen molar-refractivity contribution in [1.29, 1.82) is 0 Å². The maximum atomic E-state index is 9.33. The van der Waals surface area contributed by atoms with Crippen molar-refractivity contribution in [2.24, 2.45) is 0 Å². The summed E-state index contributed by atoms with van der Waals surface area (Å²) in [5.41, 5.74) is 0.561. The van der Waals surface area contributed by atoms with Gasteiger partial charge in [0.1, 0.15) is 5.75 Å². The molecule has 3 heteroatoms. The zero-order valence-corrected chi connectivity index (χ0v) is 6.15.